The molecule has 0 aromatic carbocycles. The molecule has 0 aromatic rings. The Morgan fingerprint density at radius 3 is 0.682 bits per heavy atom. The zero-order valence-electron chi connectivity index (χ0n) is 13.5. The molecule has 7 heteroatoms. The van der Waals surface area contributed by atoms with Gasteiger partial charge in [-0.2, -0.15) is 0 Å². The topological polar surface area (TPSA) is 120 Å². The predicted molar refractivity (Wildman–Crippen MR) is 73.3 cm³/mol. The minimum atomic E-state index is -0.187. The normalized spacial score (nSPS) is 10.9. The van der Waals surface area contributed by atoms with Crippen LogP contribution in [0.3, 0.4) is 0 Å². The average Bonchev–Trinajstić information content (AvgIpc) is 2.10. The molecule has 0 unspecified atom stereocenters. The molecule has 6 nitrogen and oxygen atoms in total. The summed E-state index contributed by atoms with van der Waals surface area (Å²) in [5, 5.41) is 29.9. The van der Waals surface area contributed by atoms with Crippen molar-refractivity contribution in [3.63, 3.8) is 0 Å². The molecule has 0 aliphatic carbocycles. The summed E-state index contributed by atoms with van der Waals surface area (Å²) in [4.78, 5) is 29.9. The Hall–Kier alpha value is -1.75. The number of carbonyl (C=O) groups excluding carboxylic acids is 3. The van der Waals surface area contributed by atoms with Crippen LogP contribution >= 0.6 is 0 Å². The molecule has 0 atom stereocenters. The van der Waals surface area contributed by atoms with Crippen molar-refractivity contribution in [2.24, 2.45) is 0 Å². The van der Waals surface area contributed by atoms with Crippen molar-refractivity contribution in [1.82, 2.24) is 0 Å². The van der Waals surface area contributed by atoms with Crippen molar-refractivity contribution in [2.75, 3.05) is 0 Å². The second-order valence-electron chi connectivity index (χ2n) is 4.10. The van der Waals surface area contributed by atoms with Crippen molar-refractivity contribution in [3.05, 3.63) is 35.5 Å². The molecule has 0 bridgehead atoms. The molecule has 126 valence electrons. The van der Waals surface area contributed by atoms with Crippen LogP contribution in [-0.4, -0.2) is 17.3 Å². The van der Waals surface area contributed by atoms with E-state index in [0.29, 0.717) is 0 Å². The summed E-state index contributed by atoms with van der Waals surface area (Å²) in [6.07, 6.45) is 3.17. The fourth-order valence-electron chi connectivity index (χ4n) is 0.859. The van der Waals surface area contributed by atoms with E-state index < -0.39 is 0 Å². The molecule has 22 heavy (non-hydrogen) atoms. The molecule has 0 rings (SSSR count). The third kappa shape index (κ3) is 51.7. The maximum Gasteiger partial charge on any atom is 3.00 e. The first-order chi connectivity index (χ1) is 9.38. The van der Waals surface area contributed by atoms with Crippen molar-refractivity contribution < 1.29 is 49.2 Å². The van der Waals surface area contributed by atoms with Gasteiger partial charge in [-0.25, -0.2) is 0 Å². The summed E-state index contributed by atoms with van der Waals surface area (Å²) in [7, 11) is 0. The van der Waals surface area contributed by atoms with E-state index in [-0.39, 0.29) is 54.1 Å². The zero-order chi connectivity index (χ0) is 17.6. The number of rotatable bonds is 3. The summed E-state index contributed by atoms with van der Waals surface area (Å²) < 4.78 is 0. The summed E-state index contributed by atoms with van der Waals surface area (Å²) in [6, 6.07) is 0. The summed E-state index contributed by atoms with van der Waals surface area (Å²) in [5.74, 6) is -1.12. The minimum absolute atomic E-state index is 0. The van der Waals surface area contributed by atoms with Gasteiger partial charge >= 0.3 is 19.5 Å². The van der Waals surface area contributed by atoms with Crippen LogP contribution in [0.4, 0.5) is 0 Å². The van der Waals surface area contributed by atoms with Gasteiger partial charge in [0, 0.05) is 0 Å². The van der Waals surface area contributed by atoms with Gasteiger partial charge in [-0.15, -0.1) is 17.3 Å². The van der Waals surface area contributed by atoms with Crippen molar-refractivity contribution in [1.29, 1.82) is 0 Å². The molecule has 0 spiro atoms. The zero-order valence-corrected chi connectivity index (χ0v) is 15.2. The van der Waals surface area contributed by atoms with Crippen LogP contribution < -0.4 is 15.3 Å². The van der Waals surface area contributed by atoms with E-state index in [1.165, 1.54) is 41.5 Å². The van der Waals surface area contributed by atoms with Crippen molar-refractivity contribution in [3.8, 4) is 0 Å². The fraction of sp³-hybridized carbons (Fsp3) is 0.400. The standard InChI is InChI=1S/3C5H8O2.Rh/c3*1-4(6)3-5(2)7;/h3*3,6H,1-2H3;/q;;;+3/p-3. The van der Waals surface area contributed by atoms with Crippen LogP contribution in [0.25, 0.3) is 0 Å². The van der Waals surface area contributed by atoms with E-state index in [2.05, 4.69) is 0 Å². The second kappa shape index (κ2) is 17.3. The van der Waals surface area contributed by atoms with E-state index in [9.17, 15) is 29.7 Å². The molecule has 0 aromatic heterocycles. The second-order valence-corrected chi connectivity index (χ2v) is 4.10. The quantitative estimate of drug-likeness (QED) is 0.358. The molecule has 0 saturated heterocycles. The van der Waals surface area contributed by atoms with Gasteiger partial charge in [0.15, 0.2) is 17.3 Å². The smallest absolute Gasteiger partial charge is 0.876 e. The summed E-state index contributed by atoms with van der Waals surface area (Å²) in [6.45, 7) is 8.09. The van der Waals surface area contributed by atoms with Gasteiger partial charge in [0.1, 0.15) is 0 Å². The molecular weight excluding hydrogens is 379 g/mol. The molecule has 0 heterocycles. The first-order valence-electron chi connectivity index (χ1n) is 5.96. The van der Waals surface area contributed by atoms with Crippen LogP contribution in [-0.2, 0) is 33.9 Å². The van der Waals surface area contributed by atoms with E-state index in [1.54, 1.807) is 0 Å². The molecule has 0 fully saturated rings. The first kappa shape index (κ1) is 28.4. The Bertz CT molecular complexity index is 368. The van der Waals surface area contributed by atoms with Gasteiger partial charge < -0.3 is 15.3 Å². The maximum absolute atomic E-state index is 9.98. The van der Waals surface area contributed by atoms with Gasteiger partial charge in [-0.05, 0) is 39.0 Å². The molecular formula is C15H21O6Rh. The summed E-state index contributed by atoms with van der Waals surface area (Å²) in [5.41, 5.74) is 0. The molecule has 0 amide bonds. The van der Waals surface area contributed by atoms with E-state index in [0.717, 1.165) is 18.2 Å². The number of carbonyl (C=O) groups is 3. The fourth-order valence-corrected chi connectivity index (χ4v) is 0.859. The first-order valence-corrected chi connectivity index (χ1v) is 5.96. The van der Waals surface area contributed by atoms with Gasteiger partial charge in [0.25, 0.3) is 0 Å². The maximum atomic E-state index is 9.98. The summed E-state index contributed by atoms with van der Waals surface area (Å²) >= 11 is 0. The number of allylic oxidation sites excluding steroid dienone is 6. The molecule has 0 radical (unpaired) electrons. The molecule has 0 N–H and O–H groups in total. The van der Waals surface area contributed by atoms with Crippen LogP contribution in [0.15, 0.2) is 35.5 Å². The third-order valence-corrected chi connectivity index (χ3v) is 1.22. The number of ketones is 3. The Morgan fingerprint density at radius 1 is 0.545 bits per heavy atom. The van der Waals surface area contributed by atoms with E-state index in [1.807, 2.05) is 0 Å². The monoisotopic (exact) mass is 400 g/mol. The Balaban J connectivity index is -0.000000108. The van der Waals surface area contributed by atoms with Crippen LogP contribution in [0.1, 0.15) is 41.5 Å². The van der Waals surface area contributed by atoms with Crippen molar-refractivity contribution in [2.45, 2.75) is 41.5 Å². The Labute approximate surface area is 144 Å². The predicted octanol–water partition coefficient (Wildman–Crippen LogP) is -0.484. The Kier molecular flexibility index (Phi) is 22.4. The minimum Gasteiger partial charge on any atom is -0.876 e. The van der Waals surface area contributed by atoms with Gasteiger partial charge in [0.2, 0.25) is 0 Å². The third-order valence-electron chi connectivity index (χ3n) is 1.22. The molecule has 0 aliphatic rings. The van der Waals surface area contributed by atoms with E-state index >= 15 is 0 Å². The average molecular weight is 400 g/mol. The molecule has 0 saturated carbocycles. The van der Waals surface area contributed by atoms with Gasteiger partial charge in [-0.1, -0.05) is 20.8 Å². The van der Waals surface area contributed by atoms with Gasteiger partial charge in [0.05, 0.1) is 0 Å². The van der Waals surface area contributed by atoms with Gasteiger partial charge in [-0.3, -0.25) is 14.4 Å². The molecule has 0 aliphatic heterocycles. The number of hydrogen-bond donors (Lipinski definition) is 0. The Morgan fingerprint density at radius 2 is 0.682 bits per heavy atom. The largest absolute Gasteiger partial charge is 3.00 e. The van der Waals surface area contributed by atoms with Crippen LogP contribution in [0, 0.1) is 0 Å². The number of hydrogen-bond acceptors (Lipinski definition) is 6. The SMILES string of the molecule is CC(=O)C=C(C)[O-].CC(=O)C=C(C)[O-].CC(=O)C=C(C)[O-].[Rh+3]. The van der Waals surface area contributed by atoms with Crippen LogP contribution in [0.5, 0.6) is 0 Å². The van der Waals surface area contributed by atoms with E-state index in [4.69, 9.17) is 0 Å². The van der Waals surface area contributed by atoms with Crippen molar-refractivity contribution >= 4 is 17.3 Å². The van der Waals surface area contributed by atoms with Crippen LogP contribution in [0.2, 0.25) is 0 Å².